The van der Waals surface area contributed by atoms with Gasteiger partial charge in [-0.2, -0.15) is 0 Å². The van der Waals surface area contributed by atoms with E-state index in [1.165, 1.54) is 0 Å². The summed E-state index contributed by atoms with van der Waals surface area (Å²) in [6, 6.07) is 7.17. The van der Waals surface area contributed by atoms with Gasteiger partial charge in [-0.1, -0.05) is 6.07 Å². The van der Waals surface area contributed by atoms with Crippen LogP contribution in [0.3, 0.4) is 0 Å². The van der Waals surface area contributed by atoms with Crippen molar-refractivity contribution < 1.29 is 14.3 Å². The zero-order chi connectivity index (χ0) is 13.9. The van der Waals surface area contributed by atoms with Crippen LogP contribution in [0.4, 0.5) is 5.69 Å². The molecule has 0 saturated carbocycles. The van der Waals surface area contributed by atoms with Crippen LogP contribution in [0.5, 0.6) is 5.75 Å². The monoisotopic (exact) mass is 266 g/mol. The molecule has 1 aromatic carbocycles. The van der Waals surface area contributed by atoms with Crippen LogP contribution in [0.15, 0.2) is 24.3 Å². The number of nitrogen functional groups attached to an aromatic ring is 1. The highest BCUT2D eigenvalue weighted by Gasteiger charge is 2.01. The van der Waals surface area contributed by atoms with Crippen LogP contribution < -0.4 is 15.8 Å². The molecule has 0 aliphatic carbocycles. The van der Waals surface area contributed by atoms with Gasteiger partial charge >= 0.3 is 0 Å². The van der Waals surface area contributed by atoms with Gasteiger partial charge in [-0.25, -0.2) is 0 Å². The molecule has 5 heteroatoms. The Hall–Kier alpha value is -1.75. The molecule has 1 rings (SSSR count). The molecule has 0 fully saturated rings. The first-order chi connectivity index (χ1) is 9.22. The van der Waals surface area contributed by atoms with Crippen LogP contribution in [-0.4, -0.2) is 32.8 Å². The number of hydrogen-bond donors (Lipinski definition) is 2. The molecule has 1 aromatic rings. The van der Waals surface area contributed by atoms with E-state index in [0.29, 0.717) is 31.0 Å². The summed E-state index contributed by atoms with van der Waals surface area (Å²) >= 11 is 0. The first kappa shape index (κ1) is 15.3. The Kier molecular flexibility index (Phi) is 7.43. The summed E-state index contributed by atoms with van der Waals surface area (Å²) in [4.78, 5) is 11.5. The number of hydrogen-bond acceptors (Lipinski definition) is 4. The van der Waals surface area contributed by atoms with Crippen LogP contribution in [0.2, 0.25) is 0 Å². The highest BCUT2D eigenvalue weighted by atomic mass is 16.5. The van der Waals surface area contributed by atoms with Gasteiger partial charge in [0.1, 0.15) is 5.75 Å². The minimum Gasteiger partial charge on any atom is -0.493 e. The van der Waals surface area contributed by atoms with E-state index in [0.717, 1.165) is 19.4 Å². The zero-order valence-corrected chi connectivity index (χ0v) is 11.4. The molecule has 0 aliphatic rings. The van der Waals surface area contributed by atoms with Crippen molar-refractivity contribution in [3.05, 3.63) is 24.3 Å². The largest absolute Gasteiger partial charge is 0.493 e. The second kappa shape index (κ2) is 9.22. The minimum atomic E-state index is 0.00122. The highest BCUT2D eigenvalue weighted by molar-refractivity contribution is 5.75. The molecule has 0 spiro atoms. The van der Waals surface area contributed by atoms with Crippen molar-refractivity contribution >= 4 is 11.6 Å². The Bertz CT molecular complexity index is 383. The number of rotatable bonds is 9. The number of anilines is 1. The maximum absolute atomic E-state index is 11.5. The summed E-state index contributed by atoms with van der Waals surface area (Å²) < 4.78 is 10.4. The quantitative estimate of drug-likeness (QED) is 0.526. The Balaban J connectivity index is 2.07. The van der Waals surface area contributed by atoms with Crippen molar-refractivity contribution in [2.75, 3.05) is 32.6 Å². The van der Waals surface area contributed by atoms with Crippen molar-refractivity contribution in [2.24, 2.45) is 0 Å². The molecule has 3 N–H and O–H groups in total. The topological polar surface area (TPSA) is 73.6 Å². The van der Waals surface area contributed by atoms with Crippen molar-refractivity contribution in [2.45, 2.75) is 19.3 Å². The van der Waals surface area contributed by atoms with E-state index in [9.17, 15) is 4.79 Å². The minimum absolute atomic E-state index is 0.00122. The first-order valence-electron chi connectivity index (χ1n) is 6.46. The van der Waals surface area contributed by atoms with Crippen LogP contribution >= 0.6 is 0 Å². The van der Waals surface area contributed by atoms with Crippen LogP contribution in [-0.2, 0) is 9.53 Å². The molecule has 5 nitrogen and oxygen atoms in total. The van der Waals surface area contributed by atoms with E-state index in [4.69, 9.17) is 15.2 Å². The van der Waals surface area contributed by atoms with Gasteiger partial charge in [0, 0.05) is 32.0 Å². The lowest BCUT2D eigenvalue weighted by molar-refractivity contribution is -0.121. The van der Waals surface area contributed by atoms with Crippen LogP contribution in [0, 0.1) is 0 Å². The predicted octanol–water partition coefficient (Wildman–Crippen LogP) is 1.58. The van der Waals surface area contributed by atoms with Gasteiger partial charge < -0.3 is 20.5 Å². The smallest absolute Gasteiger partial charge is 0.223 e. The van der Waals surface area contributed by atoms with Crippen molar-refractivity contribution in [1.29, 1.82) is 0 Å². The number of nitrogens with two attached hydrogens (primary N) is 1. The van der Waals surface area contributed by atoms with Crippen molar-refractivity contribution in [1.82, 2.24) is 5.32 Å². The fourth-order valence-corrected chi connectivity index (χ4v) is 1.55. The number of amides is 1. The molecule has 0 atom stereocenters. The third-order valence-electron chi connectivity index (χ3n) is 2.55. The van der Waals surface area contributed by atoms with Gasteiger partial charge in [0.2, 0.25) is 5.91 Å². The summed E-state index contributed by atoms with van der Waals surface area (Å²) in [5.41, 5.74) is 6.28. The average molecular weight is 266 g/mol. The summed E-state index contributed by atoms with van der Waals surface area (Å²) in [6.07, 6.45) is 2.23. The number of nitrogens with one attached hydrogen (secondary N) is 1. The predicted molar refractivity (Wildman–Crippen MR) is 75.1 cm³/mol. The Labute approximate surface area is 114 Å². The van der Waals surface area contributed by atoms with Gasteiger partial charge in [-0.05, 0) is 25.0 Å². The molecule has 0 bridgehead atoms. The molecule has 106 valence electrons. The van der Waals surface area contributed by atoms with Gasteiger partial charge in [0.05, 0.1) is 13.0 Å². The summed E-state index contributed by atoms with van der Waals surface area (Å²) in [6.45, 7) is 1.77. The zero-order valence-electron chi connectivity index (χ0n) is 11.4. The van der Waals surface area contributed by atoms with E-state index in [-0.39, 0.29) is 5.91 Å². The summed E-state index contributed by atoms with van der Waals surface area (Å²) in [5, 5.41) is 2.84. The molecule has 0 unspecified atom stereocenters. The van der Waals surface area contributed by atoms with E-state index >= 15 is 0 Å². The van der Waals surface area contributed by atoms with E-state index in [1.807, 2.05) is 12.1 Å². The van der Waals surface area contributed by atoms with E-state index in [2.05, 4.69) is 5.32 Å². The van der Waals surface area contributed by atoms with Gasteiger partial charge in [0.15, 0.2) is 0 Å². The lowest BCUT2D eigenvalue weighted by Gasteiger charge is -2.07. The number of methoxy groups -OCH3 is 1. The third kappa shape index (κ3) is 7.31. The fourth-order valence-electron chi connectivity index (χ4n) is 1.55. The average Bonchev–Trinajstić information content (AvgIpc) is 2.38. The number of unbranched alkanes of at least 4 members (excludes halogenated alkanes) is 1. The van der Waals surface area contributed by atoms with Gasteiger partial charge in [0.25, 0.3) is 0 Å². The number of benzene rings is 1. The standard InChI is InChI=1S/C14H22N2O3/c1-18-9-3-2-8-16-14(17)7-10-19-13-6-4-5-12(15)11-13/h4-6,11H,2-3,7-10,15H2,1H3,(H,16,17). The van der Waals surface area contributed by atoms with Crippen molar-refractivity contribution in [3.63, 3.8) is 0 Å². The fraction of sp³-hybridized carbons (Fsp3) is 0.500. The Morgan fingerprint density at radius 1 is 1.32 bits per heavy atom. The first-order valence-corrected chi connectivity index (χ1v) is 6.46. The third-order valence-corrected chi connectivity index (χ3v) is 2.55. The maximum Gasteiger partial charge on any atom is 0.223 e. The normalized spacial score (nSPS) is 10.2. The lowest BCUT2D eigenvalue weighted by atomic mass is 10.3. The SMILES string of the molecule is COCCCCNC(=O)CCOc1cccc(N)c1. The molecular weight excluding hydrogens is 244 g/mol. The van der Waals surface area contributed by atoms with E-state index in [1.54, 1.807) is 19.2 Å². The molecule has 19 heavy (non-hydrogen) atoms. The van der Waals surface area contributed by atoms with Crippen LogP contribution in [0.1, 0.15) is 19.3 Å². The number of carbonyl (C=O) groups is 1. The molecular formula is C14H22N2O3. The molecule has 0 aromatic heterocycles. The number of ether oxygens (including phenoxy) is 2. The van der Waals surface area contributed by atoms with Crippen molar-refractivity contribution in [3.8, 4) is 5.75 Å². The molecule has 1 amide bonds. The summed E-state index contributed by atoms with van der Waals surface area (Å²) in [5.74, 6) is 0.689. The maximum atomic E-state index is 11.5. The molecule has 0 saturated heterocycles. The number of carbonyl (C=O) groups excluding carboxylic acids is 1. The lowest BCUT2D eigenvalue weighted by Crippen LogP contribution is -2.26. The van der Waals surface area contributed by atoms with Gasteiger partial charge in [-0.15, -0.1) is 0 Å². The Morgan fingerprint density at radius 2 is 2.16 bits per heavy atom. The van der Waals surface area contributed by atoms with Gasteiger partial charge in [-0.3, -0.25) is 4.79 Å². The second-order valence-electron chi connectivity index (χ2n) is 4.22. The molecule has 0 radical (unpaired) electrons. The highest BCUT2D eigenvalue weighted by Crippen LogP contribution is 2.14. The molecule has 0 aliphatic heterocycles. The van der Waals surface area contributed by atoms with E-state index < -0.39 is 0 Å². The summed E-state index contributed by atoms with van der Waals surface area (Å²) in [7, 11) is 1.67. The second-order valence-corrected chi connectivity index (χ2v) is 4.22. The van der Waals surface area contributed by atoms with Crippen LogP contribution in [0.25, 0.3) is 0 Å². The Morgan fingerprint density at radius 3 is 2.89 bits per heavy atom. The molecule has 0 heterocycles.